The van der Waals surface area contributed by atoms with E-state index in [4.69, 9.17) is 21.1 Å². The lowest BCUT2D eigenvalue weighted by Gasteiger charge is -2.12. The van der Waals surface area contributed by atoms with Crippen LogP contribution in [0.3, 0.4) is 0 Å². The lowest BCUT2D eigenvalue weighted by Crippen LogP contribution is -2.37. The highest BCUT2D eigenvalue weighted by Gasteiger charge is 2.29. The van der Waals surface area contributed by atoms with Gasteiger partial charge in [-0.3, -0.25) is 4.79 Å². The second-order valence-electron chi connectivity index (χ2n) is 4.95. The van der Waals surface area contributed by atoms with E-state index in [-0.39, 0.29) is 5.91 Å². The number of amides is 1. The van der Waals surface area contributed by atoms with Gasteiger partial charge in [-0.1, -0.05) is 17.7 Å². The van der Waals surface area contributed by atoms with E-state index in [2.05, 4.69) is 10.3 Å². The third-order valence-electron chi connectivity index (χ3n) is 3.49. The van der Waals surface area contributed by atoms with Gasteiger partial charge in [-0.15, -0.1) is 0 Å². The van der Waals surface area contributed by atoms with Crippen molar-refractivity contribution in [2.45, 2.75) is 19.1 Å². The summed E-state index contributed by atoms with van der Waals surface area (Å²) in [5, 5.41) is 3.49. The first-order chi connectivity index (χ1) is 10.7. The van der Waals surface area contributed by atoms with Crippen LogP contribution >= 0.6 is 11.6 Å². The number of rotatable bonds is 4. The molecule has 0 fully saturated rings. The number of nitrogens with zero attached hydrogens (tertiary/aromatic N) is 1. The summed E-state index contributed by atoms with van der Waals surface area (Å²) in [6, 6.07) is 9.02. The lowest BCUT2D eigenvalue weighted by atomic mass is 10.1. The van der Waals surface area contributed by atoms with Gasteiger partial charge in [0, 0.05) is 29.7 Å². The van der Waals surface area contributed by atoms with Crippen LogP contribution in [0, 0.1) is 0 Å². The molecule has 1 aliphatic rings. The third-order valence-corrected chi connectivity index (χ3v) is 3.72. The van der Waals surface area contributed by atoms with Crippen molar-refractivity contribution in [1.29, 1.82) is 0 Å². The fourth-order valence-corrected chi connectivity index (χ4v) is 2.60. The van der Waals surface area contributed by atoms with Gasteiger partial charge < -0.3 is 14.8 Å². The minimum absolute atomic E-state index is 0.168. The quantitative estimate of drug-likeness (QED) is 0.940. The number of benzene rings is 1. The number of hydrogen-bond acceptors (Lipinski definition) is 4. The highest BCUT2D eigenvalue weighted by atomic mass is 35.5. The highest BCUT2D eigenvalue weighted by Crippen LogP contribution is 2.31. The first kappa shape index (κ1) is 14.7. The molecule has 1 amide bonds. The van der Waals surface area contributed by atoms with Gasteiger partial charge in [0.15, 0.2) is 6.10 Å². The van der Waals surface area contributed by atoms with E-state index in [0.29, 0.717) is 29.6 Å². The van der Waals surface area contributed by atoms with Crippen LogP contribution in [0.1, 0.15) is 11.1 Å². The topological polar surface area (TPSA) is 60.5 Å². The van der Waals surface area contributed by atoms with Crippen LogP contribution in [0.15, 0.2) is 36.5 Å². The molecule has 1 atom stereocenters. The second kappa shape index (κ2) is 6.23. The maximum atomic E-state index is 12.2. The van der Waals surface area contributed by atoms with E-state index in [1.54, 1.807) is 31.5 Å². The number of ether oxygens (including phenoxy) is 2. The van der Waals surface area contributed by atoms with Crippen molar-refractivity contribution in [3.05, 3.63) is 52.7 Å². The number of methoxy groups -OCH3 is 1. The molecule has 1 aromatic carbocycles. The number of hydrogen-bond donors (Lipinski definition) is 1. The first-order valence-electron chi connectivity index (χ1n) is 6.88. The fourth-order valence-electron chi connectivity index (χ4n) is 2.40. The summed E-state index contributed by atoms with van der Waals surface area (Å²) in [7, 11) is 1.55. The summed E-state index contributed by atoms with van der Waals surface area (Å²) in [5.41, 5.74) is 1.77. The molecule has 0 bridgehead atoms. The van der Waals surface area contributed by atoms with Gasteiger partial charge in [0.25, 0.3) is 5.91 Å². The van der Waals surface area contributed by atoms with Crippen molar-refractivity contribution in [2.75, 3.05) is 7.11 Å². The zero-order valence-corrected chi connectivity index (χ0v) is 12.8. The lowest BCUT2D eigenvalue weighted by molar-refractivity contribution is -0.127. The van der Waals surface area contributed by atoms with E-state index in [9.17, 15) is 4.79 Å². The van der Waals surface area contributed by atoms with Gasteiger partial charge >= 0.3 is 0 Å². The van der Waals surface area contributed by atoms with Gasteiger partial charge in [0.2, 0.25) is 5.88 Å². The Labute approximate surface area is 133 Å². The molecule has 1 aromatic heterocycles. The van der Waals surface area contributed by atoms with Crippen molar-refractivity contribution in [1.82, 2.24) is 10.3 Å². The predicted octanol–water partition coefficient (Wildman–Crippen LogP) is 2.36. The maximum absolute atomic E-state index is 12.2. The Morgan fingerprint density at radius 3 is 3.18 bits per heavy atom. The smallest absolute Gasteiger partial charge is 0.261 e. The molecule has 3 rings (SSSR count). The second-order valence-corrected chi connectivity index (χ2v) is 5.39. The molecule has 0 spiro atoms. The molecular weight excluding hydrogens is 304 g/mol. The Morgan fingerprint density at radius 2 is 2.36 bits per heavy atom. The molecule has 1 aliphatic heterocycles. The average Bonchev–Trinajstić information content (AvgIpc) is 2.96. The summed E-state index contributed by atoms with van der Waals surface area (Å²) >= 11 is 5.95. The van der Waals surface area contributed by atoms with Gasteiger partial charge in [0.05, 0.1) is 7.11 Å². The van der Waals surface area contributed by atoms with Crippen LogP contribution in [0.4, 0.5) is 0 Å². The summed E-state index contributed by atoms with van der Waals surface area (Å²) < 4.78 is 10.8. The van der Waals surface area contributed by atoms with Gasteiger partial charge in [0.1, 0.15) is 5.75 Å². The van der Waals surface area contributed by atoms with Crippen LogP contribution < -0.4 is 14.8 Å². The zero-order chi connectivity index (χ0) is 15.5. The Bertz CT molecular complexity index is 706. The average molecular weight is 319 g/mol. The van der Waals surface area contributed by atoms with E-state index in [1.807, 2.05) is 12.1 Å². The largest absolute Gasteiger partial charge is 0.481 e. The SMILES string of the molecule is COc1ncccc1CNC(=O)[C@H]1Cc2cc(Cl)ccc2O1. The number of nitrogens with one attached hydrogen (secondary N) is 1. The molecule has 0 unspecified atom stereocenters. The van der Waals surface area contributed by atoms with Crippen molar-refractivity contribution in [3.8, 4) is 11.6 Å². The standard InChI is InChI=1S/C16H15ClN2O3/c1-21-16-10(3-2-6-18-16)9-19-15(20)14-8-11-7-12(17)4-5-13(11)22-14/h2-7,14H,8-9H2,1H3,(H,19,20)/t14-/m1/s1. The zero-order valence-electron chi connectivity index (χ0n) is 12.0. The van der Waals surface area contributed by atoms with Gasteiger partial charge in [-0.25, -0.2) is 4.98 Å². The maximum Gasteiger partial charge on any atom is 0.261 e. The van der Waals surface area contributed by atoms with Crippen molar-refractivity contribution in [2.24, 2.45) is 0 Å². The van der Waals surface area contributed by atoms with E-state index >= 15 is 0 Å². The summed E-state index contributed by atoms with van der Waals surface area (Å²) in [5.74, 6) is 1.05. The monoisotopic (exact) mass is 318 g/mol. The van der Waals surface area contributed by atoms with Crippen molar-refractivity contribution < 1.29 is 14.3 Å². The third kappa shape index (κ3) is 2.99. The Morgan fingerprint density at radius 1 is 1.50 bits per heavy atom. The van der Waals surface area contributed by atoms with Gasteiger partial charge in [-0.05, 0) is 29.8 Å². The Kier molecular flexibility index (Phi) is 4.15. The first-order valence-corrected chi connectivity index (χ1v) is 7.26. The number of carbonyl (C=O) groups excluding carboxylic acids is 1. The molecule has 2 aromatic rings. The number of fused-ring (bicyclic) bond motifs is 1. The minimum atomic E-state index is -0.531. The molecule has 114 valence electrons. The fraction of sp³-hybridized carbons (Fsp3) is 0.250. The van der Waals surface area contributed by atoms with E-state index in [0.717, 1.165) is 11.1 Å². The van der Waals surface area contributed by atoms with Crippen LogP contribution in [-0.4, -0.2) is 24.1 Å². The normalized spacial score (nSPS) is 15.8. The number of halogens is 1. The minimum Gasteiger partial charge on any atom is -0.481 e. The van der Waals surface area contributed by atoms with Crippen LogP contribution in [0.2, 0.25) is 5.02 Å². The summed E-state index contributed by atoms with van der Waals surface area (Å²) in [6.07, 6.45) is 1.63. The summed E-state index contributed by atoms with van der Waals surface area (Å²) in [4.78, 5) is 16.3. The van der Waals surface area contributed by atoms with E-state index < -0.39 is 6.10 Å². The van der Waals surface area contributed by atoms with Crippen molar-refractivity contribution in [3.63, 3.8) is 0 Å². The molecule has 0 saturated carbocycles. The number of carbonyl (C=O) groups is 1. The van der Waals surface area contributed by atoms with Crippen LogP contribution in [0.5, 0.6) is 11.6 Å². The molecule has 5 nitrogen and oxygen atoms in total. The molecule has 1 N–H and O–H groups in total. The molecule has 2 heterocycles. The van der Waals surface area contributed by atoms with Crippen LogP contribution in [-0.2, 0) is 17.8 Å². The Balaban J connectivity index is 1.62. The molecular formula is C16H15ClN2O3. The summed E-state index contributed by atoms with van der Waals surface area (Å²) in [6.45, 7) is 0.340. The highest BCUT2D eigenvalue weighted by molar-refractivity contribution is 6.30. The molecule has 0 aliphatic carbocycles. The predicted molar refractivity (Wildman–Crippen MR) is 82.2 cm³/mol. The Hall–Kier alpha value is -2.27. The molecule has 0 radical (unpaired) electrons. The van der Waals surface area contributed by atoms with E-state index in [1.165, 1.54) is 0 Å². The van der Waals surface area contributed by atoms with Gasteiger partial charge in [-0.2, -0.15) is 0 Å². The number of pyridine rings is 1. The van der Waals surface area contributed by atoms with Crippen LogP contribution in [0.25, 0.3) is 0 Å². The number of aromatic nitrogens is 1. The molecule has 22 heavy (non-hydrogen) atoms. The molecule has 0 saturated heterocycles. The van der Waals surface area contributed by atoms with Crippen molar-refractivity contribution >= 4 is 17.5 Å². The molecule has 6 heteroatoms.